The van der Waals surface area contributed by atoms with E-state index in [2.05, 4.69) is 10.6 Å². The van der Waals surface area contributed by atoms with Gasteiger partial charge in [-0.3, -0.25) is 9.59 Å². The first-order valence-electron chi connectivity index (χ1n) is 8.24. The maximum absolute atomic E-state index is 12.4. The van der Waals surface area contributed by atoms with Crippen LogP contribution in [0, 0.1) is 0 Å². The minimum absolute atomic E-state index is 0.0463. The smallest absolute Gasteiger partial charge is 0.258 e. The third kappa shape index (κ3) is 4.72. The van der Waals surface area contributed by atoms with Crippen LogP contribution in [-0.2, 0) is 4.79 Å². The molecule has 0 bridgehead atoms. The molecule has 0 saturated heterocycles. The lowest BCUT2D eigenvalue weighted by atomic mass is 10.1. The van der Waals surface area contributed by atoms with Crippen LogP contribution in [0.3, 0.4) is 0 Å². The van der Waals surface area contributed by atoms with Crippen LogP contribution in [0.2, 0.25) is 0 Å². The zero-order valence-electron chi connectivity index (χ0n) is 14.4. The van der Waals surface area contributed by atoms with Crippen molar-refractivity contribution in [2.45, 2.75) is 33.2 Å². The number of carbonyl (C=O) groups is 2. The Bertz CT molecular complexity index is 726. The van der Waals surface area contributed by atoms with Crippen molar-refractivity contribution in [2.24, 2.45) is 0 Å². The molecule has 0 spiro atoms. The second kappa shape index (κ2) is 8.34. The van der Waals surface area contributed by atoms with Crippen LogP contribution in [0.1, 0.15) is 37.6 Å². The molecule has 0 aliphatic heterocycles. The molecule has 0 fully saturated rings. The molecule has 0 atom stereocenters. The summed E-state index contributed by atoms with van der Waals surface area (Å²) in [4.78, 5) is 24.2. The summed E-state index contributed by atoms with van der Waals surface area (Å²) in [6, 6.07) is 11.4. The van der Waals surface area contributed by atoms with Gasteiger partial charge in [0.05, 0.1) is 5.56 Å². The molecular formula is C19H24N2O3. The fourth-order valence-corrected chi connectivity index (χ4v) is 2.36. The van der Waals surface area contributed by atoms with Crippen molar-refractivity contribution < 1.29 is 14.3 Å². The molecule has 5 heteroatoms. The number of ether oxygens (including phenoxy) is 1. The van der Waals surface area contributed by atoms with Gasteiger partial charge < -0.3 is 15.4 Å². The van der Waals surface area contributed by atoms with Gasteiger partial charge in [0, 0.05) is 12.6 Å². The number of carbonyl (C=O) groups excluding carboxylic acids is 2. The van der Waals surface area contributed by atoms with E-state index in [-0.39, 0.29) is 24.5 Å². The third-order valence-electron chi connectivity index (χ3n) is 3.44. The van der Waals surface area contributed by atoms with Crippen molar-refractivity contribution in [1.82, 2.24) is 10.6 Å². The quantitative estimate of drug-likeness (QED) is 0.821. The zero-order valence-corrected chi connectivity index (χ0v) is 14.4. The first-order chi connectivity index (χ1) is 11.5. The highest BCUT2D eigenvalue weighted by Crippen LogP contribution is 2.26. The largest absolute Gasteiger partial charge is 0.483 e. The van der Waals surface area contributed by atoms with Crippen molar-refractivity contribution in [2.75, 3.05) is 13.2 Å². The Labute approximate surface area is 142 Å². The van der Waals surface area contributed by atoms with Gasteiger partial charge in [0.15, 0.2) is 6.61 Å². The van der Waals surface area contributed by atoms with Crippen molar-refractivity contribution in [3.63, 3.8) is 0 Å². The number of hydrogen-bond donors (Lipinski definition) is 2. The molecule has 0 heterocycles. The van der Waals surface area contributed by atoms with E-state index < -0.39 is 0 Å². The Balaban J connectivity index is 2.27. The highest BCUT2D eigenvalue weighted by atomic mass is 16.5. The predicted octanol–water partition coefficient (Wildman–Crippen LogP) is 2.88. The van der Waals surface area contributed by atoms with Crippen molar-refractivity contribution in [3.8, 4) is 5.75 Å². The summed E-state index contributed by atoms with van der Waals surface area (Å²) in [6.07, 6.45) is 0.853. The Kier molecular flexibility index (Phi) is 6.18. The van der Waals surface area contributed by atoms with E-state index in [1.165, 1.54) is 0 Å². The molecule has 0 aliphatic rings. The first kappa shape index (κ1) is 17.8. The summed E-state index contributed by atoms with van der Waals surface area (Å²) in [5.41, 5.74) is 0.444. The molecule has 0 unspecified atom stereocenters. The monoisotopic (exact) mass is 328 g/mol. The average Bonchev–Trinajstić information content (AvgIpc) is 2.56. The van der Waals surface area contributed by atoms with E-state index in [1.807, 2.05) is 45.0 Å². The maximum atomic E-state index is 12.4. The Morgan fingerprint density at radius 3 is 2.42 bits per heavy atom. The summed E-state index contributed by atoms with van der Waals surface area (Å²) in [5, 5.41) is 7.54. The summed E-state index contributed by atoms with van der Waals surface area (Å²) < 4.78 is 5.64. The van der Waals surface area contributed by atoms with Gasteiger partial charge in [-0.25, -0.2) is 0 Å². The maximum Gasteiger partial charge on any atom is 0.258 e. The third-order valence-corrected chi connectivity index (χ3v) is 3.44. The molecule has 2 N–H and O–H groups in total. The molecule has 0 saturated carbocycles. The number of benzene rings is 2. The van der Waals surface area contributed by atoms with Gasteiger partial charge in [0.1, 0.15) is 5.75 Å². The number of fused-ring (bicyclic) bond motifs is 1. The van der Waals surface area contributed by atoms with E-state index in [9.17, 15) is 9.59 Å². The van der Waals surface area contributed by atoms with Gasteiger partial charge in [-0.05, 0) is 43.2 Å². The molecule has 2 rings (SSSR count). The van der Waals surface area contributed by atoms with E-state index in [0.717, 1.165) is 17.2 Å². The van der Waals surface area contributed by atoms with Crippen LogP contribution in [0.25, 0.3) is 10.8 Å². The van der Waals surface area contributed by atoms with Gasteiger partial charge >= 0.3 is 0 Å². The van der Waals surface area contributed by atoms with Crippen molar-refractivity contribution >= 4 is 22.6 Å². The van der Waals surface area contributed by atoms with Crippen molar-refractivity contribution in [3.05, 3.63) is 42.0 Å². The minimum atomic E-state index is -0.210. The topological polar surface area (TPSA) is 67.4 Å². The molecule has 0 aliphatic carbocycles. The van der Waals surface area contributed by atoms with Gasteiger partial charge in [-0.1, -0.05) is 31.2 Å². The Morgan fingerprint density at radius 1 is 1.12 bits per heavy atom. The lowest BCUT2D eigenvalue weighted by Gasteiger charge is -2.14. The van der Waals surface area contributed by atoms with Crippen LogP contribution >= 0.6 is 0 Å². The highest BCUT2D eigenvalue weighted by molar-refractivity contribution is 6.01. The molecule has 24 heavy (non-hydrogen) atoms. The Morgan fingerprint density at radius 2 is 1.79 bits per heavy atom. The second-order valence-corrected chi connectivity index (χ2v) is 5.96. The number of amides is 2. The molecule has 0 radical (unpaired) electrons. The minimum Gasteiger partial charge on any atom is -0.483 e. The van der Waals surface area contributed by atoms with E-state index in [4.69, 9.17) is 4.74 Å². The number of nitrogens with one attached hydrogen (secondary N) is 2. The first-order valence-corrected chi connectivity index (χ1v) is 8.24. The zero-order chi connectivity index (χ0) is 17.5. The fourth-order valence-electron chi connectivity index (χ4n) is 2.36. The number of rotatable bonds is 7. The molecule has 5 nitrogen and oxygen atoms in total. The van der Waals surface area contributed by atoms with Gasteiger partial charge in [0.2, 0.25) is 0 Å². The molecule has 2 aromatic rings. The molecule has 128 valence electrons. The van der Waals surface area contributed by atoms with Crippen LogP contribution in [0.15, 0.2) is 36.4 Å². The summed E-state index contributed by atoms with van der Waals surface area (Å²) in [7, 11) is 0. The van der Waals surface area contributed by atoms with Crippen LogP contribution < -0.4 is 15.4 Å². The summed E-state index contributed by atoms with van der Waals surface area (Å²) in [6.45, 7) is 6.24. The van der Waals surface area contributed by atoms with Gasteiger partial charge in [0.25, 0.3) is 11.8 Å². The standard InChI is InChI=1S/C19H24N2O3/c1-4-9-20-19(23)16-10-14-7-5-6-8-15(14)11-17(16)24-12-18(22)21-13(2)3/h5-8,10-11,13H,4,9,12H2,1-3H3,(H,20,23)(H,21,22). The lowest BCUT2D eigenvalue weighted by molar-refractivity contribution is -0.123. The van der Waals surface area contributed by atoms with Gasteiger partial charge in [-0.15, -0.1) is 0 Å². The normalized spacial score (nSPS) is 10.7. The summed E-state index contributed by atoms with van der Waals surface area (Å²) >= 11 is 0. The van der Waals surface area contributed by atoms with Crippen LogP contribution in [0.5, 0.6) is 5.75 Å². The highest BCUT2D eigenvalue weighted by Gasteiger charge is 2.15. The van der Waals surface area contributed by atoms with E-state index in [1.54, 1.807) is 12.1 Å². The second-order valence-electron chi connectivity index (χ2n) is 5.96. The van der Waals surface area contributed by atoms with Crippen molar-refractivity contribution in [1.29, 1.82) is 0 Å². The molecule has 2 aromatic carbocycles. The van der Waals surface area contributed by atoms with E-state index in [0.29, 0.717) is 17.9 Å². The molecule has 0 aromatic heterocycles. The van der Waals surface area contributed by atoms with E-state index >= 15 is 0 Å². The lowest BCUT2D eigenvalue weighted by Crippen LogP contribution is -2.34. The van der Waals surface area contributed by atoms with Crippen LogP contribution in [-0.4, -0.2) is 31.0 Å². The predicted molar refractivity (Wildman–Crippen MR) is 95.3 cm³/mol. The number of hydrogen-bond acceptors (Lipinski definition) is 3. The molecule has 2 amide bonds. The Hall–Kier alpha value is -2.56. The summed E-state index contributed by atoms with van der Waals surface area (Å²) in [5.74, 6) is 0.0150. The SMILES string of the molecule is CCCNC(=O)c1cc2ccccc2cc1OCC(=O)NC(C)C. The molecular weight excluding hydrogens is 304 g/mol. The van der Waals surface area contributed by atoms with Gasteiger partial charge in [-0.2, -0.15) is 0 Å². The average molecular weight is 328 g/mol. The van der Waals surface area contributed by atoms with Crippen LogP contribution in [0.4, 0.5) is 0 Å². The fraction of sp³-hybridized carbons (Fsp3) is 0.368.